The van der Waals surface area contributed by atoms with Crippen LogP contribution in [0.4, 0.5) is 30.8 Å². The van der Waals surface area contributed by atoms with E-state index < -0.39 is 17.3 Å². The lowest BCUT2D eigenvalue weighted by molar-refractivity contribution is -0.137. The van der Waals surface area contributed by atoms with Crippen LogP contribution in [-0.4, -0.2) is 51.0 Å². The minimum absolute atomic E-state index is 0.0140. The molecule has 0 atom stereocenters. The number of benzene rings is 4. The summed E-state index contributed by atoms with van der Waals surface area (Å²) in [4.78, 5) is 22.5. The van der Waals surface area contributed by atoms with E-state index in [9.17, 15) is 18.4 Å². The van der Waals surface area contributed by atoms with E-state index in [0.29, 0.717) is 43.4 Å². The smallest absolute Gasteiger partial charge is 0.417 e. The summed E-state index contributed by atoms with van der Waals surface area (Å²) >= 11 is 0. The molecule has 9 nitrogen and oxygen atoms in total. The highest BCUT2D eigenvalue weighted by Crippen LogP contribution is 2.35. The van der Waals surface area contributed by atoms with Crippen molar-refractivity contribution in [2.45, 2.75) is 12.2 Å². The molecule has 4 aromatic carbocycles. The molecule has 0 radical (unpaired) electrons. The number of rotatable bonds is 8. The molecule has 12 heteroatoms. The highest BCUT2D eigenvalue weighted by molar-refractivity contribution is 5.84. The maximum atomic E-state index is 13.7. The second kappa shape index (κ2) is 13.6. The summed E-state index contributed by atoms with van der Waals surface area (Å²) in [7, 11) is 0. The van der Waals surface area contributed by atoms with Gasteiger partial charge in [0.15, 0.2) is 5.75 Å². The molecule has 2 aromatic heterocycles. The first-order chi connectivity index (χ1) is 23.9. The molecular formula is C37H29F3N8O. The number of piperazine rings is 1. The third kappa shape index (κ3) is 6.97. The van der Waals surface area contributed by atoms with Crippen molar-refractivity contribution in [3.05, 3.63) is 138 Å². The number of nitrogens with one attached hydrogen (secondary N) is 1. The van der Waals surface area contributed by atoms with Gasteiger partial charge in [0, 0.05) is 43.4 Å². The molecule has 6 aromatic rings. The zero-order valence-electron chi connectivity index (χ0n) is 26.0. The monoisotopic (exact) mass is 658 g/mol. The molecule has 1 saturated heterocycles. The molecule has 1 aliphatic rings. The van der Waals surface area contributed by atoms with Gasteiger partial charge in [-0.2, -0.15) is 33.4 Å². The van der Waals surface area contributed by atoms with Gasteiger partial charge in [0.25, 0.3) is 0 Å². The van der Waals surface area contributed by atoms with Crippen molar-refractivity contribution in [1.82, 2.24) is 24.8 Å². The molecule has 0 aliphatic carbocycles. The van der Waals surface area contributed by atoms with Gasteiger partial charge in [0.1, 0.15) is 5.52 Å². The highest BCUT2D eigenvalue weighted by atomic mass is 19.4. The molecule has 1 aliphatic heterocycles. The summed E-state index contributed by atoms with van der Waals surface area (Å²) in [6.45, 7) is 2.53. The quantitative estimate of drug-likeness (QED) is 0.176. The number of pyridine rings is 1. The minimum atomic E-state index is -4.72. The van der Waals surface area contributed by atoms with Gasteiger partial charge < -0.3 is 15.0 Å². The molecule has 1 N–H and O–H groups in total. The second-order valence-corrected chi connectivity index (χ2v) is 11.4. The molecule has 0 spiro atoms. The van der Waals surface area contributed by atoms with E-state index in [2.05, 4.69) is 54.4 Å². The van der Waals surface area contributed by atoms with E-state index in [0.717, 1.165) is 17.5 Å². The Bertz CT molecular complexity index is 2070. The van der Waals surface area contributed by atoms with Crippen LogP contribution in [0.1, 0.15) is 28.3 Å². The van der Waals surface area contributed by atoms with Crippen molar-refractivity contribution < 1.29 is 17.9 Å². The topological polar surface area (TPSA) is 103 Å². The molecular weight excluding hydrogens is 629 g/mol. The van der Waals surface area contributed by atoms with Gasteiger partial charge in [-0.1, -0.05) is 78.9 Å². The van der Waals surface area contributed by atoms with Gasteiger partial charge in [-0.25, -0.2) is 0 Å². The first-order valence-corrected chi connectivity index (χ1v) is 15.6. The maximum absolute atomic E-state index is 13.7. The lowest BCUT2D eigenvalue weighted by Gasteiger charge is -2.39. The zero-order chi connectivity index (χ0) is 33.8. The van der Waals surface area contributed by atoms with Crippen LogP contribution >= 0.6 is 0 Å². The van der Waals surface area contributed by atoms with Crippen LogP contribution in [0.5, 0.6) is 11.8 Å². The van der Waals surface area contributed by atoms with E-state index in [1.807, 2.05) is 65.6 Å². The first-order valence-electron chi connectivity index (χ1n) is 15.6. The van der Waals surface area contributed by atoms with Crippen LogP contribution in [0.3, 0.4) is 0 Å². The van der Waals surface area contributed by atoms with E-state index in [1.165, 1.54) is 17.2 Å². The fraction of sp³-hybridized carbons (Fsp3) is 0.162. The Labute approximate surface area is 280 Å². The Hall–Kier alpha value is -6.06. The van der Waals surface area contributed by atoms with Crippen LogP contribution < -0.4 is 15.0 Å². The Kier molecular flexibility index (Phi) is 8.74. The van der Waals surface area contributed by atoms with Gasteiger partial charge in [-0.15, -0.1) is 0 Å². The number of para-hydroxylation sites is 1. The largest absolute Gasteiger partial charge is 0.422 e. The van der Waals surface area contributed by atoms with Gasteiger partial charge >= 0.3 is 12.2 Å². The van der Waals surface area contributed by atoms with Crippen molar-refractivity contribution in [1.29, 1.82) is 5.26 Å². The highest BCUT2D eigenvalue weighted by Gasteiger charge is 2.34. The number of halogens is 3. The van der Waals surface area contributed by atoms with E-state index in [1.54, 1.807) is 18.3 Å². The number of anilines is 3. The number of hydrogen-bond acceptors (Lipinski definition) is 9. The third-order valence-electron chi connectivity index (χ3n) is 8.29. The normalized spacial score (nSPS) is 13.7. The fourth-order valence-electron chi connectivity index (χ4n) is 5.99. The number of nitrogens with zero attached hydrogens (tertiary/aromatic N) is 7. The summed E-state index contributed by atoms with van der Waals surface area (Å²) in [5.74, 6) is 0.707. The van der Waals surface area contributed by atoms with Crippen LogP contribution in [0, 0.1) is 11.3 Å². The fourth-order valence-corrected chi connectivity index (χ4v) is 5.99. The molecule has 0 unspecified atom stereocenters. The number of alkyl halides is 3. The van der Waals surface area contributed by atoms with E-state index in [-0.39, 0.29) is 23.7 Å². The number of nitriles is 1. The van der Waals surface area contributed by atoms with Gasteiger partial charge in [0.05, 0.1) is 23.2 Å². The van der Waals surface area contributed by atoms with Crippen molar-refractivity contribution >= 4 is 28.5 Å². The molecule has 1 fully saturated rings. The van der Waals surface area contributed by atoms with Crippen molar-refractivity contribution in [3.63, 3.8) is 0 Å². The minimum Gasteiger partial charge on any atom is -0.422 e. The van der Waals surface area contributed by atoms with Crippen LogP contribution in [-0.2, 0) is 6.18 Å². The average Bonchev–Trinajstić information content (AvgIpc) is 3.13. The van der Waals surface area contributed by atoms with Crippen molar-refractivity contribution in [2.75, 3.05) is 36.4 Å². The lowest BCUT2D eigenvalue weighted by atomic mass is 9.96. The van der Waals surface area contributed by atoms with Crippen molar-refractivity contribution in [3.8, 4) is 17.8 Å². The van der Waals surface area contributed by atoms with Gasteiger partial charge in [-0.3, -0.25) is 9.88 Å². The molecule has 0 bridgehead atoms. The third-order valence-corrected chi connectivity index (χ3v) is 8.29. The zero-order valence-corrected chi connectivity index (χ0v) is 26.0. The molecule has 244 valence electrons. The summed E-state index contributed by atoms with van der Waals surface area (Å²) < 4.78 is 47.4. The average molecular weight is 659 g/mol. The van der Waals surface area contributed by atoms with Crippen LogP contribution in [0.2, 0.25) is 0 Å². The molecule has 49 heavy (non-hydrogen) atoms. The number of fused-ring (bicyclic) bond motifs is 1. The lowest BCUT2D eigenvalue weighted by Crippen LogP contribution is -2.48. The molecule has 7 rings (SSSR count). The first kappa shape index (κ1) is 31.5. The summed E-state index contributed by atoms with van der Waals surface area (Å²) in [5, 5.41) is 13.0. The van der Waals surface area contributed by atoms with Gasteiger partial charge in [-0.05, 0) is 41.5 Å². The Morgan fingerprint density at radius 2 is 1.47 bits per heavy atom. The van der Waals surface area contributed by atoms with Crippen LogP contribution in [0.15, 0.2) is 115 Å². The number of ether oxygens (including phenoxy) is 1. The molecule has 0 amide bonds. The SMILES string of the molecule is N#Cc1ccc(Nc2nc(Oc3cccc4cccnc34)nc(N3CCN(C(c4ccccc4)c4ccccc4)CC3)n2)cc1C(F)(F)F. The summed E-state index contributed by atoms with van der Waals surface area (Å²) in [6.07, 6.45) is -3.07. The summed E-state index contributed by atoms with van der Waals surface area (Å²) in [5.41, 5.74) is 1.49. The Morgan fingerprint density at radius 1 is 0.776 bits per heavy atom. The maximum Gasteiger partial charge on any atom is 0.417 e. The van der Waals surface area contributed by atoms with E-state index in [4.69, 9.17) is 4.74 Å². The molecule has 0 saturated carbocycles. The summed E-state index contributed by atoms with van der Waals surface area (Å²) in [6, 6.07) is 34.9. The van der Waals surface area contributed by atoms with Gasteiger partial charge in [0.2, 0.25) is 11.9 Å². The standard InChI is InChI=1S/C37H29F3N8O/c38-37(39,40)30-23-29(17-16-28(30)24-41)43-34-44-35(46-36(45-34)49-31-15-7-13-25-14-8-18-42-32(25)31)48-21-19-47(20-22-48)33(26-9-3-1-4-10-26)27-11-5-2-6-12-27/h1-18,23,33H,19-22H2,(H,43,44,45,46). The second-order valence-electron chi connectivity index (χ2n) is 11.4. The van der Waals surface area contributed by atoms with E-state index >= 15 is 0 Å². The number of hydrogen-bond donors (Lipinski definition) is 1. The number of aromatic nitrogens is 4. The predicted molar refractivity (Wildman–Crippen MR) is 180 cm³/mol. The predicted octanol–water partition coefficient (Wildman–Crippen LogP) is 7.76. The Morgan fingerprint density at radius 3 is 2.14 bits per heavy atom. The van der Waals surface area contributed by atoms with Crippen LogP contribution in [0.25, 0.3) is 10.9 Å². The van der Waals surface area contributed by atoms with Crippen molar-refractivity contribution in [2.24, 2.45) is 0 Å². The molecule has 3 heterocycles. The Balaban J connectivity index is 1.20.